The Morgan fingerprint density at radius 1 is 1.16 bits per heavy atom. The van der Waals surface area contributed by atoms with Crippen LogP contribution < -0.4 is 4.74 Å². The summed E-state index contributed by atoms with van der Waals surface area (Å²) in [5, 5.41) is 5.02. The first-order chi connectivity index (χ1) is 14.5. The third kappa shape index (κ3) is 5.00. The van der Waals surface area contributed by atoms with Gasteiger partial charge < -0.3 is 9.64 Å². The van der Waals surface area contributed by atoms with Gasteiger partial charge in [-0.2, -0.15) is 9.40 Å². The number of amides is 1. The fourth-order valence-corrected chi connectivity index (χ4v) is 6.00. The molecule has 1 aromatic heterocycles. The molecule has 11 heteroatoms. The lowest BCUT2D eigenvalue weighted by atomic mass is 10.3. The molecule has 0 radical (unpaired) electrons. The Labute approximate surface area is 192 Å². The van der Waals surface area contributed by atoms with E-state index in [9.17, 15) is 13.2 Å². The summed E-state index contributed by atoms with van der Waals surface area (Å²) in [6.07, 6.45) is -0.248. The quantitative estimate of drug-likeness (QED) is 0.645. The summed E-state index contributed by atoms with van der Waals surface area (Å²) < 4.78 is 35.2. The number of halogens is 2. The molecule has 1 amide bonds. The molecule has 0 bridgehead atoms. The maximum atomic E-state index is 13.2. The van der Waals surface area contributed by atoms with Crippen LogP contribution in [-0.2, 0) is 21.9 Å². The summed E-state index contributed by atoms with van der Waals surface area (Å²) in [4.78, 5) is 14.8. The Morgan fingerprint density at radius 3 is 2.48 bits per heavy atom. The summed E-state index contributed by atoms with van der Waals surface area (Å²) in [5.74, 6) is 0.146. The summed E-state index contributed by atoms with van der Waals surface area (Å²) in [6, 6.07) is 4.80. The van der Waals surface area contributed by atoms with Crippen molar-refractivity contribution in [1.82, 2.24) is 19.0 Å². The van der Waals surface area contributed by atoms with Gasteiger partial charge in [-0.1, -0.05) is 23.2 Å². The molecule has 1 unspecified atom stereocenters. The first kappa shape index (κ1) is 23.8. The minimum absolute atomic E-state index is 0.205. The number of nitrogens with zero attached hydrogens (tertiary/aromatic N) is 4. The Hall–Kier alpha value is -1.81. The van der Waals surface area contributed by atoms with E-state index in [0.29, 0.717) is 46.7 Å². The number of hydrogen-bond acceptors (Lipinski definition) is 5. The zero-order chi connectivity index (χ0) is 22.9. The summed E-state index contributed by atoms with van der Waals surface area (Å²) in [5.41, 5.74) is 1.07. The lowest BCUT2D eigenvalue weighted by Crippen LogP contribution is -2.43. The van der Waals surface area contributed by atoms with Crippen LogP contribution in [0.15, 0.2) is 23.1 Å². The zero-order valence-electron chi connectivity index (χ0n) is 17.9. The van der Waals surface area contributed by atoms with E-state index in [1.807, 2.05) is 0 Å². The number of hydrogen-bond donors (Lipinski definition) is 0. The van der Waals surface area contributed by atoms with E-state index in [2.05, 4.69) is 5.10 Å². The van der Waals surface area contributed by atoms with E-state index in [-0.39, 0.29) is 23.9 Å². The van der Waals surface area contributed by atoms with Gasteiger partial charge in [0.1, 0.15) is 10.6 Å². The lowest BCUT2D eigenvalue weighted by Gasteiger charge is -2.25. The summed E-state index contributed by atoms with van der Waals surface area (Å²) >= 11 is 12.0. The van der Waals surface area contributed by atoms with Crippen molar-refractivity contribution >= 4 is 39.1 Å². The summed E-state index contributed by atoms with van der Waals surface area (Å²) in [6.45, 7) is 6.33. The van der Waals surface area contributed by atoms with Crippen molar-refractivity contribution in [2.45, 2.75) is 38.2 Å². The van der Waals surface area contributed by atoms with Crippen LogP contribution in [0.2, 0.25) is 10.0 Å². The molecule has 8 nitrogen and oxygen atoms in total. The average molecular weight is 489 g/mol. The fourth-order valence-electron chi connectivity index (χ4n) is 3.68. The predicted octanol–water partition coefficient (Wildman–Crippen LogP) is 3.03. The van der Waals surface area contributed by atoms with Crippen molar-refractivity contribution in [2.75, 3.05) is 26.2 Å². The molecule has 2 heterocycles. The predicted molar refractivity (Wildman–Crippen MR) is 119 cm³/mol. The monoisotopic (exact) mass is 488 g/mol. The largest absolute Gasteiger partial charge is 0.479 e. The number of carbonyl (C=O) groups excluding carboxylic acids is 1. The molecule has 2 aromatic rings. The molecule has 1 aromatic carbocycles. The standard InChI is InChI=1S/C20H26Cl2N4O4S/c1-13-19(14(2)24(4)23-13)31(28,29)26-9-5-8-25(10-11-26)20(27)15(3)30-18-7-6-16(21)12-17(18)22/h6-7,12,15H,5,8-11H2,1-4H3. The van der Waals surface area contributed by atoms with Gasteiger partial charge in [0.05, 0.1) is 16.4 Å². The lowest BCUT2D eigenvalue weighted by molar-refractivity contribution is -0.137. The van der Waals surface area contributed by atoms with E-state index in [4.69, 9.17) is 27.9 Å². The molecule has 3 rings (SSSR count). The van der Waals surface area contributed by atoms with Crippen LogP contribution in [0, 0.1) is 13.8 Å². The van der Waals surface area contributed by atoms with E-state index in [1.165, 1.54) is 4.31 Å². The molecule has 1 aliphatic rings. The minimum atomic E-state index is -3.70. The van der Waals surface area contributed by atoms with Crippen LogP contribution in [0.1, 0.15) is 24.7 Å². The second-order valence-corrected chi connectivity index (χ2v) is 10.3. The van der Waals surface area contributed by atoms with Gasteiger partial charge >= 0.3 is 0 Å². The van der Waals surface area contributed by atoms with Crippen molar-refractivity contribution in [3.63, 3.8) is 0 Å². The SMILES string of the molecule is Cc1nn(C)c(C)c1S(=O)(=O)N1CCCN(C(=O)C(C)Oc2ccc(Cl)cc2Cl)CC1. The van der Waals surface area contributed by atoms with Crippen LogP contribution >= 0.6 is 23.2 Å². The number of aromatic nitrogens is 2. The zero-order valence-corrected chi connectivity index (χ0v) is 20.3. The van der Waals surface area contributed by atoms with E-state index < -0.39 is 16.1 Å². The van der Waals surface area contributed by atoms with Crippen molar-refractivity contribution in [2.24, 2.45) is 7.05 Å². The molecular weight excluding hydrogens is 463 g/mol. The third-order valence-corrected chi connectivity index (χ3v) is 8.03. The number of sulfonamides is 1. The van der Waals surface area contributed by atoms with Gasteiger partial charge in [0.15, 0.2) is 6.10 Å². The molecule has 1 saturated heterocycles. The Kier molecular flexibility index (Phi) is 7.20. The molecular formula is C20H26Cl2N4O4S. The number of benzene rings is 1. The van der Waals surface area contributed by atoms with Gasteiger partial charge in [0.25, 0.3) is 5.91 Å². The molecule has 0 spiro atoms. The van der Waals surface area contributed by atoms with Crippen LogP contribution in [0.4, 0.5) is 0 Å². The number of aryl methyl sites for hydroxylation is 2. The highest BCUT2D eigenvalue weighted by Crippen LogP contribution is 2.29. The Balaban J connectivity index is 1.69. The highest BCUT2D eigenvalue weighted by molar-refractivity contribution is 7.89. The van der Waals surface area contributed by atoms with Crippen LogP contribution in [-0.4, -0.2) is 65.6 Å². The Morgan fingerprint density at radius 2 is 1.87 bits per heavy atom. The minimum Gasteiger partial charge on any atom is -0.479 e. The summed E-state index contributed by atoms with van der Waals surface area (Å²) in [7, 11) is -1.98. The average Bonchev–Trinajstić information content (AvgIpc) is 2.88. The maximum absolute atomic E-state index is 13.2. The third-order valence-electron chi connectivity index (χ3n) is 5.35. The topological polar surface area (TPSA) is 84.7 Å². The van der Waals surface area contributed by atoms with E-state index in [0.717, 1.165) is 0 Å². The Bertz CT molecular complexity index is 1090. The van der Waals surface area contributed by atoms with Gasteiger partial charge in [-0.05, 0) is 45.4 Å². The van der Waals surface area contributed by atoms with E-state index in [1.54, 1.807) is 55.6 Å². The van der Waals surface area contributed by atoms with Crippen molar-refractivity contribution in [3.8, 4) is 5.75 Å². The smallest absolute Gasteiger partial charge is 0.263 e. The van der Waals surface area contributed by atoms with Crippen LogP contribution in [0.25, 0.3) is 0 Å². The van der Waals surface area contributed by atoms with Crippen molar-refractivity contribution in [1.29, 1.82) is 0 Å². The van der Waals surface area contributed by atoms with Gasteiger partial charge in [0, 0.05) is 38.2 Å². The first-order valence-electron chi connectivity index (χ1n) is 9.93. The van der Waals surface area contributed by atoms with Crippen molar-refractivity contribution < 1.29 is 17.9 Å². The molecule has 1 aliphatic heterocycles. The van der Waals surface area contributed by atoms with E-state index >= 15 is 0 Å². The fraction of sp³-hybridized carbons (Fsp3) is 0.500. The molecule has 0 N–H and O–H groups in total. The normalized spacial score (nSPS) is 16.8. The highest BCUT2D eigenvalue weighted by Gasteiger charge is 2.33. The molecule has 1 atom stereocenters. The second-order valence-electron chi connectivity index (χ2n) is 7.54. The van der Waals surface area contributed by atoms with Gasteiger partial charge in [-0.15, -0.1) is 0 Å². The van der Waals surface area contributed by atoms with Crippen LogP contribution in [0.3, 0.4) is 0 Å². The maximum Gasteiger partial charge on any atom is 0.263 e. The van der Waals surface area contributed by atoms with Crippen molar-refractivity contribution in [3.05, 3.63) is 39.6 Å². The first-order valence-corrected chi connectivity index (χ1v) is 12.1. The number of ether oxygens (including phenoxy) is 1. The molecule has 1 fully saturated rings. The molecule has 0 saturated carbocycles. The molecule has 0 aliphatic carbocycles. The molecule has 31 heavy (non-hydrogen) atoms. The van der Waals surface area contributed by atoms with Gasteiger partial charge in [-0.25, -0.2) is 8.42 Å². The second kappa shape index (κ2) is 9.36. The van der Waals surface area contributed by atoms with Gasteiger partial charge in [-0.3, -0.25) is 9.48 Å². The number of rotatable bonds is 5. The van der Waals surface area contributed by atoms with Gasteiger partial charge in [0.2, 0.25) is 10.0 Å². The number of carbonyl (C=O) groups is 1. The highest BCUT2D eigenvalue weighted by atomic mass is 35.5. The molecule has 170 valence electrons. The van der Waals surface area contributed by atoms with Crippen LogP contribution in [0.5, 0.6) is 5.75 Å².